The molecule has 0 radical (unpaired) electrons. The second kappa shape index (κ2) is 10.5. The van der Waals surface area contributed by atoms with Crippen molar-refractivity contribution in [3.8, 4) is 45.4 Å². The van der Waals surface area contributed by atoms with Gasteiger partial charge in [0.2, 0.25) is 0 Å². The van der Waals surface area contributed by atoms with E-state index in [1.807, 2.05) is 24.3 Å². The zero-order chi connectivity index (χ0) is 29.6. The summed E-state index contributed by atoms with van der Waals surface area (Å²) in [7, 11) is 3.44. The molecule has 44 heavy (non-hydrogen) atoms. The molecule has 0 N–H and O–H groups in total. The molecule has 0 saturated carbocycles. The molecule has 0 aliphatic carbocycles. The summed E-state index contributed by atoms with van der Waals surface area (Å²) >= 11 is 0. The first-order valence-corrected chi connectivity index (χ1v) is 14.7. The van der Waals surface area contributed by atoms with Gasteiger partial charge in [0, 0.05) is 32.7 Å². The molecule has 2 aromatic heterocycles. The second-order valence-electron chi connectivity index (χ2n) is 10.9. The van der Waals surface area contributed by atoms with Gasteiger partial charge in [-0.2, -0.15) is 0 Å². The van der Waals surface area contributed by atoms with E-state index in [-0.39, 0.29) is 0 Å². The van der Waals surface area contributed by atoms with Crippen molar-refractivity contribution in [3.05, 3.63) is 133 Å². The molecule has 4 nitrogen and oxygen atoms in total. The zero-order valence-corrected chi connectivity index (χ0v) is 24.4. The monoisotopic (exact) mass is 568 g/mol. The van der Waals surface area contributed by atoms with Gasteiger partial charge in [-0.1, -0.05) is 109 Å². The average molecular weight is 569 g/mol. The molecular formula is C40H28N2O2. The van der Waals surface area contributed by atoms with Crippen molar-refractivity contribution in [1.82, 2.24) is 9.97 Å². The smallest absolute Gasteiger partial charge is 0.127 e. The van der Waals surface area contributed by atoms with Gasteiger partial charge in [-0.25, -0.2) is 9.97 Å². The molecule has 0 unspecified atom stereocenters. The van der Waals surface area contributed by atoms with Crippen LogP contribution in [0.15, 0.2) is 133 Å². The Morgan fingerprint density at radius 3 is 1.23 bits per heavy atom. The second-order valence-corrected chi connectivity index (χ2v) is 10.9. The van der Waals surface area contributed by atoms with E-state index in [1.54, 1.807) is 14.2 Å². The van der Waals surface area contributed by atoms with E-state index in [4.69, 9.17) is 19.4 Å². The molecule has 0 spiro atoms. The number of benzene rings is 6. The lowest BCUT2D eigenvalue weighted by atomic mass is 9.95. The van der Waals surface area contributed by atoms with Crippen molar-refractivity contribution < 1.29 is 9.47 Å². The topological polar surface area (TPSA) is 44.2 Å². The minimum atomic E-state index is 0.810. The normalized spacial score (nSPS) is 11.4. The highest BCUT2D eigenvalue weighted by Crippen LogP contribution is 2.41. The van der Waals surface area contributed by atoms with E-state index in [9.17, 15) is 0 Å². The molecule has 4 heteroatoms. The van der Waals surface area contributed by atoms with Crippen molar-refractivity contribution in [2.45, 2.75) is 0 Å². The van der Waals surface area contributed by atoms with Crippen LogP contribution in [0, 0.1) is 0 Å². The third-order valence-corrected chi connectivity index (χ3v) is 8.43. The van der Waals surface area contributed by atoms with Crippen molar-refractivity contribution >= 4 is 43.1 Å². The Bertz CT molecular complexity index is 2200. The zero-order valence-electron chi connectivity index (χ0n) is 24.4. The van der Waals surface area contributed by atoms with Crippen molar-refractivity contribution in [2.24, 2.45) is 0 Å². The lowest BCUT2D eigenvalue weighted by Crippen LogP contribution is -1.97. The number of ether oxygens (including phenoxy) is 2. The molecule has 0 aliphatic rings. The Morgan fingerprint density at radius 2 is 0.795 bits per heavy atom. The highest BCUT2D eigenvalue weighted by Gasteiger charge is 2.18. The minimum Gasteiger partial charge on any atom is -0.496 e. The van der Waals surface area contributed by atoms with Crippen LogP contribution in [-0.2, 0) is 0 Å². The van der Waals surface area contributed by atoms with Crippen molar-refractivity contribution in [1.29, 1.82) is 0 Å². The van der Waals surface area contributed by atoms with Crippen molar-refractivity contribution in [2.75, 3.05) is 14.2 Å². The summed E-state index contributed by atoms with van der Waals surface area (Å²) in [6, 6.07) is 46.1. The molecule has 8 aromatic rings. The largest absolute Gasteiger partial charge is 0.496 e. The van der Waals surface area contributed by atoms with Crippen LogP contribution < -0.4 is 9.47 Å². The molecule has 0 aliphatic heterocycles. The predicted octanol–water partition coefficient (Wildman–Crippen LogP) is 10.1. The third-order valence-electron chi connectivity index (χ3n) is 8.43. The number of methoxy groups -OCH3 is 2. The highest BCUT2D eigenvalue weighted by atomic mass is 16.5. The number of fused-ring (bicyclic) bond motifs is 4. The Balaban J connectivity index is 1.44. The van der Waals surface area contributed by atoms with Gasteiger partial charge in [-0.3, -0.25) is 0 Å². The van der Waals surface area contributed by atoms with Crippen LogP contribution in [0.1, 0.15) is 0 Å². The fourth-order valence-corrected chi connectivity index (χ4v) is 6.42. The molecule has 210 valence electrons. The molecule has 0 saturated heterocycles. The summed E-state index contributed by atoms with van der Waals surface area (Å²) in [6.45, 7) is 0. The standard InChI is InChI=1S/C40H28N2O2/c1-43-35-21-9-15-25-13-7-19-31(37(25)35)39-29-17-5-3-11-27(29)23-33(41-39)34-24-28-12-4-6-18-30(28)40(42-34)32-20-8-14-26-16-10-22-36(44-2)38(26)32/h3-24H,1-2H3. The van der Waals surface area contributed by atoms with Crippen LogP contribution in [0.5, 0.6) is 11.5 Å². The van der Waals surface area contributed by atoms with Crippen LogP contribution >= 0.6 is 0 Å². The molecule has 0 bridgehead atoms. The van der Waals surface area contributed by atoms with Gasteiger partial charge in [0.25, 0.3) is 0 Å². The fraction of sp³-hybridized carbons (Fsp3) is 0.0500. The first-order valence-electron chi connectivity index (χ1n) is 14.7. The summed E-state index contributed by atoms with van der Waals surface area (Å²) < 4.78 is 11.7. The number of hydrogen-bond acceptors (Lipinski definition) is 4. The first kappa shape index (κ1) is 25.9. The van der Waals surface area contributed by atoms with Gasteiger partial charge in [0.15, 0.2) is 0 Å². The van der Waals surface area contributed by atoms with E-state index in [1.165, 1.54) is 0 Å². The molecule has 2 heterocycles. The molecular weight excluding hydrogens is 540 g/mol. The number of hydrogen-bond donors (Lipinski definition) is 0. The predicted molar refractivity (Wildman–Crippen MR) is 181 cm³/mol. The first-order chi connectivity index (χ1) is 21.7. The Kier molecular flexibility index (Phi) is 6.20. The number of aromatic nitrogens is 2. The van der Waals surface area contributed by atoms with Gasteiger partial charge < -0.3 is 9.47 Å². The van der Waals surface area contributed by atoms with E-state index >= 15 is 0 Å². The quantitative estimate of drug-likeness (QED) is 0.207. The summed E-state index contributed by atoms with van der Waals surface area (Å²) in [5.74, 6) is 1.65. The van der Waals surface area contributed by atoms with Gasteiger partial charge in [-0.15, -0.1) is 0 Å². The Hall–Kier alpha value is -5.74. The molecule has 0 atom stereocenters. The molecule has 0 amide bonds. The maximum Gasteiger partial charge on any atom is 0.127 e. The molecule has 6 aromatic carbocycles. The van der Waals surface area contributed by atoms with Gasteiger partial charge in [-0.05, 0) is 45.8 Å². The van der Waals surface area contributed by atoms with E-state index < -0.39 is 0 Å². The fourth-order valence-electron chi connectivity index (χ4n) is 6.42. The minimum absolute atomic E-state index is 0.810. The van der Waals surface area contributed by atoms with E-state index in [0.717, 1.165) is 88.5 Å². The lowest BCUT2D eigenvalue weighted by molar-refractivity contribution is 0.420. The summed E-state index contributed by atoms with van der Waals surface area (Å²) in [5.41, 5.74) is 5.47. The van der Waals surface area contributed by atoms with Crippen LogP contribution in [0.25, 0.3) is 77.0 Å². The summed E-state index contributed by atoms with van der Waals surface area (Å²) in [5, 5.41) is 8.65. The summed E-state index contributed by atoms with van der Waals surface area (Å²) in [4.78, 5) is 10.7. The van der Waals surface area contributed by atoms with Gasteiger partial charge in [0.1, 0.15) is 11.5 Å². The van der Waals surface area contributed by atoms with Gasteiger partial charge >= 0.3 is 0 Å². The Labute approximate surface area is 255 Å². The van der Waals surface area contributed by atoms with Crippen molar-refractivity contribution in [3.63, 3.8) is 0 Å². The van der Waals surface area contributed by atoms with Crippen LogP contribution in [0.4, 0.5) is 0 Å². The number of pyridine rings is 2. The number of rotatable bonds is 5. The van der Waals surface area contributed by atoms with E-state index in [2.05, 4.69) is 109 Å². The summed E-state index contributed by atoms with van der Waals surface area (Å²) in [6.07, 6.45) is 0. The van der Waals surface area contributed by atoms with Gasteiger partial charge in [0.05, 0.1) is 37.0 Å². The number of nitrogens with zero attached hydrogens (tertiary/aromatic N) is 2. The third kappa shape index (κ3) is 4.15. The Morgan fingerprint density at radius 1 is 0.409 bits per heavy atom. The maximum absolute atomic E-state index is 5.83. The molecule has 0 fully saturated rings. The van der Waals surface area contributed by atoms with Crippen LogP contribution in [0.2, 0.25) is 0 Å². The van der Waals surface area contributed by atoms with Crippen LogP contribution in [0.3, 0.4) is 0 Å². The van der Waals surface area contributed by atoms with E-state index in [0.29, 0.717) is 0 Å². The lowest BCUT2D eigenvalue weighted by Gasteiger charge is -2.16. The molecule has 8 rings (SSSR count). The average Bonchev–Trinajstić information content (AvgIpc) is 3.09. The van der Waals surface area contributed by atoms with Crippen LogP contribution in [-0.4, -0.2) is 24.2 Å². The maximum atomic E-state index is 5.83. The highest BCUT2D eigenvalue weighted by molar-refractivity contribution is 6.09. The SMILES string of the molecule is COc1cccc2cccc(-c3nc(-c4cc5ccccc5c(-c5cccc6cccc(OC)c56)n4)cc4ccccc34)c12.